The van der Waals surface area contributed by atoms with Gasteiger partial charge in [0.25, 0.3) is 0 Å². The van der Waals surface area contributed by atoms with E-state index in [-0.39, 0.29) is 12.7 Å². The van der Waals surface area contributed by atoms with E-state index in [9.17, 15) is 40.9 Å². The predicted molar refractivity (Wildman–Crippen MR) is 103 cm³/mol. The van der Waals surface area contributed by atoms with Crippen molar-refractivity contribution >= 4 is 0 Å². The fraction of sp³-hybridized carbons (Fsp3) is 0.455. The highest BCUT2D eigenvalue weighted by Gasteiger charge is 2.42. The van der Waals surface area contributed by atoms with Crippen molar-refractivity contribution in [3.63, 3.8) is 0 Å². The fourth-order valence-corrected chi connectivity index (χ4v) is 3.33. The van der Waals surface area contributed by atoms with Crippen molar-refractivity contribution in [1.82, 2.24) is 0 Å². The van der Waals surface area contributed by atoms with Crippen LogP contribution in [0.15, 0.2) is 42.5 Å². The highest BCUT2D eigenvalue weighted by molar-refractivity contribution is 5.34. The Morgan fingerprint density at radius 1 is 0.971 bits per heavy atom. The summed E-state index contributed by atoms with van der Waals surface area (Å²) in [4.78, 5) is 0. The van der Waals surface area contributed by atoms with Gasteiger partial charge in [-0.15, -0.1) is 0 Å². The maximum absolute atomic E-state index is 13.2. The van der Waals surface area contributed by atoms with Crippen molar-refractivity contribution < 1.29 is 55.2 Å². The number of aliphatic hydroxyl groups is 2. The largest absolute Gasteiger partial charge is 0.416 e. The summed E-state index contributed by atoms with van der Waals surface area (Å²) >= 11 is 0. The van der Waals surface area contributed by atoms with E-state index in [1.807, 2.05) is 0 Å². The van der Waals surface area contributed by atoms with Gasteiger partial charge >= 0.3 is 12.4 Å². The Labute approximate surface area is 189 Å². The zero-order valence-electron chi connectivity index (χ0n) is 17.6. The van der Waals surface area contributed by atoms with Gasteiger partial charge in [0, 0.05) is 0 Å². The summed E-state index contributed by atoms with van der Waals surface area (Å²) in [5.74, 6) is -0.491. The number of rotatable bonds is 6. The van der Waals surface area contributed by atoms with Gasteiger partial charge in [-0.3, -0.25) is 0 Å². The summed E-state index contributed by atoms with van der Waals surface area (Å²) in [6, 6.07) is 6.21. The monoisotopic (exact) mass is 498 g/mol. The summed E-state index contributed by atoms with van der Waals surface area (Å²) in [6.07, 6.45) is -17.1. The third-order valence-corrected chi connectivity index (χ3v) is 5.20. The van der Waals surface area contributed by atoms with Gasteiger partial charge in [0.15, 0.2) is 6.29 Å². The van der Waals surface area contributed by atoms with E-state index >= 15 is 0 Å². The molecule has 34 heavy (non-hydrogen) atoms. The van der Waals surface area contributed by atoms with Gasteiger partial charge in [0.05, 0.1) is 30.4 Å². The minimum absolute atomic E-state index is 0.00203. The van der Waals surface area contributed by atoms with Gasteiger partial charge in [-0.05, 0) is 48.4 Å². The SMILES string of the molecule is C[C@@H](O[C@@H]1OC[C@H](O)[C@H](O)[C@H]1OCc1ccc(F)cc1)c1cc(C(F)(F)F)cc(C(F)(F)F)c1. The summed E-state index contributed by atoms with van der Waals surface area (Å²) in [5.41, 5.74) is -2.94. The van der Waals surface area contributed by atoms with Crippen LogP contribution in [0.4, 0.5) is 30.7 Å². The van der Waals surface area contributed by atoms with Crippen LogP contribution in [0.25, 0.3) is 0 Å². The standard InChI is InChI=1S/C22H21F7O5/c1-11(13-6-14(21(24,25)26)8-15(7-13)22(27,28)29)34-20-19(18(31)17(30)10-33-20)32-9-12-2-4-16(23)5-3-12/h2-8,11,17-20,30-31H,9-10H2,1H3/t11-,17+,18+,19-,20+/m1/s1. The molecule has 5 atom stereocenters. The number of ether oxygens (including phenoxy) is 3. The number of aliphatic hydroxyl groups excluding tert-OH is 2. The van der Waals surface area contributed by atoms with Crippen molar-refractivity contribution in [2.24, 2.45) is 0 Å². The first-order valence-electron chi connectivity index (χ1n) is 10.0. The van der Waals surface area contributed by atoms with Crippen LogP contribution in [0.1, 0.15) is 35.3 Å². The lowest BCUT2D eigenvalue weighted by atomic mass is 10.0. The topological polar surface area (TPSA) is 68.2 Å². The highest BCUT2D eigenvalue weighted by atomic mass is 19.4. The molecule has 2 N–H and O–H groups in total. The molecule has 0 saturated carbocycles. The van der Waals surface area contributed by atoms with Crippen molar-refractivity contribution in [2.75, 3.05) is 6.61 Å². The van der Waals surface area contributed by atoms with E-state index in [0.29, 0.717) is 17.7 Å². The smallest absolute Gasteiger partial charge is 0.388 e. The second-order valence-electron chi connectivity index (χ2n) is 7.78. The molecule has 0 aliphatic carbocycles. The average molecular weight is 498 g/mol. The van der Waals surface area contributed by atoms with Gasteiger partial charge in [-0.1, -0.05) is 12.1 Å². The van der Waals surface area contributed by atoms with Gasteiger partial charge in [0.2, 0.25) is 0 Å². The number of hydrogen-bond acceptors (Lipinski definition) is 5. The highest BCUT2D eigenvalue weighted by Crippen LogP contribution is 2.38. The van der Waals surface area contributed by atoms with E-state index in [2.05, 4.69) is 0 Å². The molecule has 2 aromatic rings. The Hall–Kier alpha value is -2.25. The fourth-order valence-electron chi connectivity index (χ4n) is 3.33. The molecule has 0 radical (unpaired) electrons. The van der Waals surface area contributed by atoms with Crippen LogP contribution in [0.3, 0.4) is 0 Å². The lowest BCUT2D eigenvalue weighted by Gasteiger charge is -2.39. The minimum Gasteiger partial charge on any atom is -0.388 e. The number of hydrogen-bond donors (Lipinski definition) is 2. The Kier molecular flexibility index (Phi) is 7.88. The molecule has 3 rings (SSSR count). The second-order valence-corrected chi connectivity index (χ2v) is 7.78. The van der Waals surface area contributed by atoms with Crippen LogP contribution in [0.2, 0.25) is 0 Å². The zero-order chi connectivity index (χ0) is 25.3. The van der Waals surface area contributed by atoms with Gasteiger partial charge < -0.3 is 24.4 Å². The first-order chi connectivity index (χ1) is 15.8. The molecule has 1 aliphatic heterocycles. The molecule has 1 aliphatic rings. The molecule has 0 spiro atoms. The molecule has 1 saturated heterocycles. The van der Waals surface area contributed by atoms with E-state index in [0.717, 1.165) is 0 Å². The Balaban J connectivity index is 1.81. The summed E-state index contributed by atoms with van der Waals surface area (Å²) in [5, 5.41) is 20.2. The summed E-state index contributed by atoms with van der Waals surface area (Å²) in [6.45, 7) is 0.632. The van der Waals surface area contributed by atoms with Crippen molar-refractivity contribution in [3.8, 4) is 0 Å². The van der Waals surface area contributed by atoms with Crippen LogP contribution in [-0.2, 0) is 33.2 Å². The lowest BCUT2D eigenvalue weighted by Crippen LogP contribution is -2.55. The lowest BCUT2D eigenvalue weighted by molar-refractivity contribution is -0.294. The minimum atomic E-state index is -5.03. The first kappa shape index (κ1) is 26.4. The molecule has 1 fully saturated rings. The molecule has 0 unspecified atom stereocenters. The molecular weight excluding hydrogens is 477 g/mol. The van der Waals surface area contributed by atoms with Crippen LogP contribution in [-0.4, -0.2) is 41.4 Å². The van der Waals surface area contributed by atoms with Gasteiger partial charge in [0.1, 0.15) is 24.1 Å². The zero-order valence-corrected chi connectivity index (χ0v) is 17.6. The second kappa shape index (κ2) is 10.2. The Bertz CT molecular complexity index is 929. The molecular formula is C22H21F7O5. The molecule has 2 aromatic carbocycles. The third kappa shape index (κ3) is 6.45. The van der Waals surface area contributed by atoms with Crippen molar-refractivity contribution in [2.45, 2.75) is 56.6 Å². The maximum Gasteiger partial charge on any atom is 0.416 e. The molecule has 5 nitrogen and oxygen atoms in total. The Morgan fingerprint density at radius 3 is 2.06 bits per heavy atom. The molecule has 0 aromatic heterocycles. The van der Waals surface area contributed by atoms with Crippen LogP contribution in [0, 0.1) is 5.82 Å². The molecule has 0 amide bonds. The van der Waals surface area contributed by atoms with E-state index < -0.39 is 72.2 Å². The van der Waals surface area contributed by atoms with Crippen LogP contribution >= 0.6 is 0 Å². The molecule has 188 valence electrons. The van der Waals surface area contributed by atoms with Gasteiger partial charge in [-0.2, -0.15) is 26.3 Å². The number of halogens is 7. The molecule has 12 heteroatoms. The summed E-state index contributed by atoms with van der Waals surface area (Å²) in [7, 11) is 0. The first-order valence-corrected chi connectivity index (χ1v) is 10.0. The van der Waals surface area contributed by atoms with Crippen molar-refractivity contribution in [1.29, 1.82) is 0 Å². The quantitative estimate of drug-likeness (QED) is 0.570. The predicted octanol–water partition coefficient (Wildman–Crippen LogP) is 4.60. The molecule has 0 bridgehead atoms. The third-order valence-electron chi connectivity index (χ3n) is 5.20. The van der Waals surface area contributed by atoms with E-state index in [1.165, 1.54) is 31.2 Å². The van der Waals surface area contributed by atoms with Gasteiger partial charge in [-0.25, -0.2) is 4.39 Å². The normalized spacial score (nSPS) is 24.8. The van der Waals surface area contributed by atoms with Crippen LogP contribution in [0.5, 0.6) is 0 Å². The van der Waals surface area contributed by atoms with E-state index in [1.54, 1.807) is 0 Å². The number of alkyl halides is 6. The molecule has 1 heterocycles. The van der Waals surface area contributed by atoms with Crippen LogP contribution < -0.4 is 0 Å². The maximum atomic E-state index is 13.2. The van der Waals surface area contributed by atoms with E-state index in [4.69, 9.17) is 14.2 Å². The number of benzene rings is 2. The van der Waals surface area contributed by atoms with Crippen molar-refractivity contribution in [3.05, 3.63) is 70.5 Å². The Morgan fingerprint density at radius 2 is 1.53 bits per heavy atom. The summed E-state index contributed by atoms with van der Waals surface area (Å²) < 4.78 is 108. The average Bonchev–Trinajstić information content (AvgIpc) is 2.75.